The van der Waals surface area contributed by atoms with E-state index in [1.807, 2.05) is 73.0 Å². The van der Waals surface area contributed by atoms with Crippen LogP contribution in [0.5, 0.6) is 5.75 Å². The van der Waals surface area contributed by atoms with E-state index in [0.29, 0.717) is 24.6 Å². The van der Waals surface area contributed by atoms with Crippen LogP contribution in [0.2, 0.25) is 0 Å². The lowest BCUT2D eigenvalue weighted by Crippen LogP contribution is -2.28. The van der Waals surface area contributed by atoms with Crippen LogP contribution in [0, 0.1) is 6.92 Å². The number of urea groups is 1. The number of carbonyl (C=O) groups is 1. The first-order chi connectivity index (χ1) is 12.2. The number of rotatable bonds is 6. The third-order valence-corrected chi connectivity index (χ3v) is 4.50. The van der Waals surface area contributed by atoms with E-state index >= 15 is 0 Å². The Balaban J connectivity index is 1.63. The zero-order valence-corrected chi connectivity index (χ0v) is 14.8. The number of nitrogens with one attached hydrogen (secondary N) is 2. The van der Waals surface area contributed by atoms with Crippen LogP contribution in [0.25, 0.3) is 0 Å². The van der Waals surface area contributed by atoms with Gasteiger partial charge in [0.2, 0.25) is 0 Å². The number of hydrogen-bond donors (Lipinski definition) is 2. The Morgan fingerprint density at radius 1 is 1.08 bits per heavy atom. The van der Waals surface area contributed by atoms with Crippen LogP contribution in [0.15, 0.2) is 66.0 Å². The van der Waals surface area contributed by atoms with Crippen LogP contribution in [-0.4, -0.2) is 6.03 Å². The average molecular weight is 352 g/mol. The summed E-state index contributed by atoms with van der Waals surface area (Å²) in [6.45, 7) is 2.96. The van der Waals surface area contributed by atoms with Crippen molar-refractivity contribution in [2.45, 2.75) is 20.1 Å². The van der Waals surface area contributed by atoms with E-state index in [9.17, 15) is 4.79 Å². The molecule has 2 amide bonds. The summed E-state index contributed by atoms with van der Waals surface area (Å²) in [6.07, 6.45) is 0. The van der Waals surface area contributed by atoms with Crippen molar-refractivity contribution in [2.24, 2.45) is 0 Å². The molecule has 0 aliphatic heterocycles. The van der Waals surface area contributed by atoms with Crippen LogP contribution in [-0.2, 0) is 13.2 Å². The third-order valence-electron chi connectivity index (χ3n) is 3.63. The predicted octanol–water partition coefficient (Wildman–Crippen LogP) is 4.96. The molecule has 0 fully saturated rings. The molecule has 0 unspecified atom stereocenters. The molecule has 128 valence electrons. The van der Waals surface area contributed by atoms with Crippen molar-refractivity contribution in [2.75, 3.05) is 5.32 Å². The Labute approximate surface area is 151 Å². The molecule has 5 heteroatoms. The maximum atomic E-state index is 12.1. The second-order valence-electron chi connectivity index (χ2n) is 5.66. The van der Waals surface area contributed by atoms with Gasteiger partial charge >= 0.3 is 6.03 Å². The van der Waals surface area contributed by atoms with Gasteiger partial charge in [-0.15, -0.1) is 11.3 Å². The summed E-state index contributed by atoms with van der Waals surface area (Å²) in [6, 6.07) is 19.4. The number of aryl methyl sites for hydroxylation is 1. The number of hydrogen-bond acceptors (Lipinski definition) is 3. The summed E-state index contributed by atoms with van der Waals surface area (Å²) in [5.41, 5.74) is 2.81. The lowest BCUT2D eigenvalue weighted by atomic mass is 10.2. The van der Waals surface area contributed by atoms with Crippen molar-refractivity contribution in [1.82, 2.24) is 5.32 Å². The SMILES string of the molecule is Cc1ccc(NC(=O)NCc2cccs2)c(OCc2ccccc2)c1. The fourth-order valence-corrected chi connectivity index (χ4v) is 2.98. The Bertz CT molecular complexity index is 817. The molecule has 3 rings (SSSR count). The molecule has 0 aliphatic carbocycles. The van der Waals surface area contributed by atoms with Crippen LogP contribution < -0.4 is 15.4 Å². The first kappa shape index (κ1) is 17.0. The van der Waals surface area contributed by atoms with Crippen LogP contribution in [0.4, 0.5) is 10.5 Å². The lowest BCUT2D eigenvalue weighted by Gasteiger charge is -2.14. The molecule has 2 N–H and O–H groups in total. The van der Waals surface area contributed by atoms with Gasteiger partial charge in [-0.05, 0) is 41.6 Å². The Morgan fingerprint density at radius 2 is 1.92 bits per heavy atom. The molecule has 25 heavy (non-hydrogen) atoms. The molecule has 1 heterocycles. The number of thiophene rings is 1. The van der Waals surface area contributed by atoms with E-state index in [4.69, 9.17) is 4.74 Å². The fourth-order valence-electron chi connectivity index (χ4n) is 2.33. The smallest absolute Gasteiger partial charge is 0.319 e. The minimum absolute atomic E-state index is 0.248. The van der Waals surface area contributed by atoms with E-state index in [0.717, 1.165) is 16.0 Å². The molecule has 4 nitrogen and oxygen atoms in total. The minimum Gasteiger partial charge on any atom is -0.487 e. The summed E-state index contributed by atoms with van der Waals surface area (Å²) in [4.78, 5) is 13.3. The van der Waals surface area contributed by atoms with Crippen LogP contribution in [0.1, 0.15) is 16.0 Å². The van der Waals surface area contributed by atoms with Crippen LogP contribution >= 0.6 is 11.3 Å². The molecular formula is C20H20N2O2S. The van der Waals surface area contributed by atoms with E-state index in [-0.39, 0.29) is 6.03 Å². The molecule has 0 bridgehead atoms. The van der Waals surface area contributed by atoms with Gasteiger partial charge < -0.3 is 15.4 Å². The van der Waals surface area contributed by atoms with Gasteiger partial charge in [-0.2, -0.15) is 0 Å². The van der Waals surface area contributed by atoms with Crippen molar-refractivity contribution >= 4 is 23.1 Å². The van der Waals surface area contributed by atoms with Crippen molar-refractivity contribution < 1.29 is 9.53 Å². The summed E-state index contributed by atoms with van der Waals surface area (Å²) >= 11 is 1.61. The van der Waals surface area contributed by atoms with Gasteiger partial charge in [-0.25, -0.2) is 4.79 Å². The molecule has 0 radical (unpaired) electrons. The molecule has 1 aromatic heterocycles. The van der Waals surface area contributed by atoms with E-state index in [1.165, 1.54) is 0 Å². The number of ether oxygens (including phenoxy) is 1. The normalized spacial score (nSPS) is 10.3. The van der Waals surface area contributed by atoms with Crippen molar-refractivity contribution in [3.8, 4) is 5.75 Å². The van der Waals surface area contributed by atoms with Gasteiger partial charge in [0.1, 0.15) is 12.4 Å². The molecule has 0 saturated carbocycles. The number of anilines is 1. The predicted molar refractivity (Wildman–Crippen MR) is 102 cm³/mol. The number of benzene rings is 2. The molecule has 0 atom stereocenters. The largest absolute Gasteiger partial charge is 0.487 e. The van der Waals surface area contributed by atoms with Gasteiger partial charge in [0, 0.05) is 4.88 Å². The monoisotopic (exact) mass is 352 g/mol. The fraction of sp³-hybridized carbons (Fsp3) is 0.150. The van der Waals surface area contributed by atoms with Crippen molar-refractivity contribution in [3.63, 3.8) is 0 Å². The zero-order chi connectivity index (χ0) is 17.5. The highest BCUT2D eigenvalue weighted by Gasteiger charge is 2.09. The molecule has 2 aromatic carbocycles. The van der Waals surface area contributed by atoms with Gasteiger partial charge in [0.25, 0.3) is 0 Å². The quantitative estimate of drug-likeness (QED) is 0.659. The van der Waals surface area contributed by atoms with E-state index in [2.05, 4.69) is 10.6 Å². The highest BCUT2D eigenvalue weighted by Crippen LogP contribution is 2.26. The first-order valence-corrected chi connectivity index (χ1v) is 8.93. The molecule has 0 saturated heterocycles. The molecule has 3 aromatic rings. The minimum atomic E-state index is -0.248. The third kappa shape index (κ3) is 5.09. The van der Waals surface area contributed by atoms with Gasteiger partial charge in [0.15, 0.2) is 0 Å². The van der Waals surface area contributed by atoms with Crippen molar-refractivity contribution in [1.29, 1.82) is 0 Å². The Kier molecular flexibility index (Phi) is 5.69. The summed E-state index contributed by atoms with van der Waals surface area (Å²) in [7, 11) is 0. The van der Waals surface area contributed by atoms with E-state index in [1.54, 1.807) is 11.3 Å². The maximum Gasteiger partial charge on any atom is 0.319 e. The Morgan fingerprint density at radius 3 is 2.68 bits per heavy atom. The van der Waals surface area contributed by atoms with Gasteiger partial charge in [-0.3, -0.25) is 0 Å². The molecular weight excluding hydrogens is 332 g/mol. The summed E-state index contributed by atoms with van der Waals surface area (Å²) < 4.78 is 5.91. The molecule has 0 spiro atoms. The number of amides is 2. The van der Waals surface area contributed by atoms with Gasteiger partial charge in [-0.1, -0.05) is 42.5 Å². The number of carbonyl (C=O) groups excluding carboxylic acids is 1. The van der Waals surface area contributed by atoms with Gasteiger partial charge in [0.05, 0.1) is 12.2 Å². The maximum absolute atomic E-state index is 12.1. The lowest BCUT2D eigenvalue weighted by molar-refractivity contribution is 0.251. The van der Waals surface area contributed by atoms with E-state index < -0.39 is 0 Å². The standard InChI is InChI=1S/C20H20N2O2S/c1-15-9-10-18(22-20(23)21-13-17-8-5-11-25-17)19(12-15)24-14-16-6-3-2-4-7-16/h2-12H,13-14H2,1H3,(H2,21,22,23). The second-order valence-corrected chi connectivity index (χ2v) is 6.69. The second kappa shape index (κ2) is 8.35. The highest BCUT2D eigenvalue weighted by atomic mass is 32.1. The molecule has 0 aliphatic rings. The summed E-state index contributed by atoms with van der Waals surface area (Å²) in [5, 5.41) is 7.71. The Hall–Kier alpha value is -2.79. The first-order valence-electron chi connectivity index (χ1n) is 8.05. The summed E-state index contributed by atoms with van der Waals surface area (Å²) in [5.74, 6) is 0.662. The van der Waals surface area contributed by atoms with Crippen LogP contribution in [0.3, 0.4) is 0 Å². The van der Waals surface area contributed by atoms with Crippen molar-refractivity contribution in [3.05, 3.63) is 82.0 Å². The topological polar surface area (TPSA) is 50.4 Å². The highest BCUT2D eigenvalue weighted by molar-refractivity contribution is 7.09. The zero-order valence-electron chi connectivity index (χ0n) is 14.0. The average Bonchev–Trinajstić information content (AvgIpc) is 3.15.